The number of Topliss-reactive ketones (excluding diaryl/α,β-unsaturated/α-hetero) is 5. The van der Waals surface area contributed by atoms with Gasteiger partial charge in [-0.3, -0.25) is 62.3 Å². The highest BCUT2D eigenvalue weighted by Gasteiger charge is 2.29. The van der Waals surface area contributed by atoms with E-state index in [0.717, 1.165) is 103 Å². The van der Waals surface area contributed by atoms with Gasteiger partial charge in [0.25, 0.3) is 0 Å². The molecule has 0 rings (SSSR count). The van der Waals surface area contributed by atoms with E-state index < -0.39 is 53.3 Å². The minimum Gasteiger partial charge on any atom is -0.481 e. The van der Waals surface area contributed by atoms with Crippen LogP contribution in [0, 0.1) is 11.8 Å². The Morgan fingerprint density at radius 1 is 0.297 bits per heavy atom. The molecule has 0 aliphatic rings. The number of carbonyl (C=O) groups is 15. The number of nitrogens with one attached hydrogen (secondary N) is 6. The Balaban J connectivity index is 4.17. The maximum atomic E-state index is 13.8. The Labute approximate surface area is 698 Å². The first-order valence-corrected chi connectivity index (χ1v) is 43.2. The molecule has 34 heteroatoms. The predicted octanol–water partition coefficient (Wildman–Crippen LogP) is 7.72. The molecule has 0 saturated carbocycles. The van der Waals surface area contributed by atoms with Gasteiger partial charge in [0.15, 0.2) is 11.6 Å². The summed E-state index contributed by atoms with van der Waals surface area (Å²) < 4.78 is 43.5. The topological polar surface area (TPSA) is 509 Å². The van der Waals surface area contributed by atoms with Crippen LogP contribution >= 0.6 is 0 Å². The summed E-state index contributed by atoms with van der Waals surface area (Å²) in [5.41, 5.74) is 4.97. The second kappa shape index (κ2) is 75.9. The molecule has 680 valence electrons. The molecule has 34 nitrogen and oxygen atoms in total. The average molecular weight is 1690 g/mol. The second-order valence-electron chi connectivity index (χ2n) is 30.5. The van der Waals surface area contributed by atoms with Crippen LogP contribution in [-0.4, -0.2) is 258 Å². The van der Waals surface area contributed by atoms with E-state index in [1.54, 1.807) is 13.8 Å². The van der Waals surface area contributed by atoms with Crippen LogP contribution in [0.3, 0.4) is 0 Å². The Kier molecular flexibility index (Phi) is 71.2. The van der Waals surface area contributed by atoms with E-state index in [2.05, 4.69) is 31.9 Å². The van der Waals surface area contributed by atoms with Gasteiger partial charge in [-0.05, 0) is 104 Å². The van der Waals surface area contributed by atoms with E-state index in [-0.39, 0.29) is 260 Å². The summed E-state index contributed by atoms with van der Waals surface area (Å²) in [6.07, 6.45) is 24.4. The lowest BCUT2D eigenvalue weighted by Gasteiger charge is -2.22. The van der Waals surface area contributed by atoms with Crippen molar-refractivity contribution in [2.45, 2.75) is 302 Å². The highest BCUT2D eigenvalue weighted by molar-refractivity contribution is 5.90. The SMILES string of the molecule is CC(=O)[C@H](CCCCNC(=O)COCCOCCCC(=O)COCCOCCNC(=O)CC[C@H](NC(=O)CCCCCCCCCCCCC(=O)O)C(=O)O)CC(=O)[C@H](CCCCNC(=O)COCCOCCNC(=O)COCCOCCCC(=O)CC[C@H](NC(=O)CCCCCCCCCCCCC(=O)O)C(=O)O)CCC(=O)C(C)(C)N. The number of hydrogen-bond acceptors (Lipinski definition) is 24. The van der Waals surface area contributed by atoms with Crippen molar-refractivity contribution >= 4 is 88.2 Å². The van der Waals surface area contributed by atoms with Crippen LogP contribution in [0.25, 0.3) is 0 Å². The third kappa shape index (κ3) is 72.7. The number of rotatable bonds is 88. The summed E-state index contributed by atoms with van der Waals surface area (Å²) in [6.45, 7) is 7.23. The number of ketones is 5. The first-order chi connectivity index (χ1) is 56.6. The molecule has 12 N–H and O–H groups in total. The van der Waals surface area contributed by atoms with Crippen LogP contribution in [-0.2, 0) is 110 Å². The maximum Gasteiger partial charge on any atom is 0.326 e. The lowest BCUT2D eigenvalue weighted by Crippen LogP contribution is -2.41. The molecule has 0 heterocycles. The van der Waals surface area contributed by atoms with Crippen LogP contribution in [0.15, 0.2) is 0 Å². The molecular formula is C84H147N7O27. The first kappa shape index (κ1) is 111. The maximum absolute atomic E-state index is 13.8. The van der Waals surface area contributed by atoms with E-state index in [9.17, 15) is 82.1 Å². The largest absolute Gasteiger partial charge is 0.481 e. The summed E-state index contributed by atoms with van der Waals surface area (Å²) in [6, 6.07) is -2.33. The summed E-state index contributed by atoms with van der Waals surface area (Å²) in [5, 5.41) is 52.5. The van der Waals surface area contributed by atoms with E-state index in [1.807, 2.05) is 0 Å². The predicted molar refractivity (Wildman–Crippen MR) is 438 cm³/mol. The fraction of sp³-hybridized carbons (Fsp3) is 0.821. The van der Waals surface area contributed by atoms with Crippen LogP contribution in [0.5, 0.6) is 0 Å². The molecule has 6 amide bonds. The number of aliphatic carboxylic acids is 4. The Morgan fingerprint density at radius 2 is 0.636 bits per heavy atom. The molecule has 0 aromatic rings. The number of ether oxygens (including phenoxy) is 8. The quantitative estimate of drug-likeness (QED) is 0.0259. The fourth-order valence-electron chi connectivity index (χ4n) is 12.3. The van der Waals surface area contributed by atoms with Gasteiger partial charge >= 0.3 is 23.9 Å². The van der Waals surface area contributed by atoms with Crippen LogP contribution in [0.4, 0.5) is 0 Å². The Hall–Kier alpha value is -7.31. The van der Waals surface area contributed by atoms with Crippen LogP contribution in [0.2, 0.25) is 0 Å². The third-order valence-corrected chi connectivity index (χ3v) is 19.3. The van der Waals surface area contributed by atoms with Gasteiger partial charge in [0.2, 0.25) is 35.4 Å². The smallest absolute Gasteiger partial charge is 0.326 e. The van der Waals surface area contributed by atoms with Crippen molar-refractivity contribution in [3.8, 4) is 0 Å². The number of unbranched alkanes of at least 4 members (excludes halogenated alkanes) is 20. The summed E-state index contributed by atoms with van der Waals surface area (Å²) in [5.74, 6) is -7.82. The lowest BCUT2D eigenvalue weighted by molar-refractivity contribution is -0.142. The van der Waals surface area contributed by atoms with E-state index in [0.29, 0.717) is 96.7 Å². The number of carboxylic acids is 4. The molecule has 0 aliphatic carbocycles. The van der Waals surface area contributed by atoms with E-state index in [1.165, 1.54) is 6.92 Å². The molecule has 0 spiro atoms. The third-order valence-electron chi connectivity index (χ3n) is 19.3. The molecule has 0 saturated heterocycles. The number of carboxylic acid groups (broad SMARTS) is 4. The molecule has 0 aromatic carbocycles. The van der Waals surface area contributed by atoms with Crippen molar-refractivity contribution in [1.29, 1.82) is 0 Å². The molecular weight excluding hydrogens is 1540 g/mol. The fourth-order valence-corrected chi connectivity index (χ4v) is 12.3. The number of carbonyl (C=O) groups excluding carboxylic acids is 11. The van der Waals surface area contributed by atoms with Gasteiger partial charge in [0, 0.05) is 115 Å². The molecule has 0 radical (unpaired) electrons. The Morgan fingerprint density at radius 3 is 1.03 bits per heavy atom. The zero-order valence-corrected chi connectivity index (χ0v) is 71.2. The number of hydrogen-bond donors (Lipinski definition) is 11. The van der Waals surface area contributed by atoms with Gasteiger partial charge in [0.1, 0.15) is 55.9 Å². The average Bonchev–Trinajstić information content (AvgIpc) is 0.892. The number of nitrogens with two attached hydrogens (primary N) is 1. The summed E-state index contributed by atoms with van der Waals surface area (Å²) in [4.78, 5) is 183. The summed E-state index contributed by atoms with van der Waals surface area (Å²) in [7, 11) is 0. The molecule has 0 fully saturated rings. The van der Waals surface area contributed by atoms with Gasteiger partial charge < -0.3 is 96.0 Å². The minimum absolute atomic E-state index is 0.00356. The monoisotopic (exact) mass is 1690 g/mol. The highest BCUT2D eigenvalue weighted by atomic mass is 16.5. The standard InChI is InChI=1S/C84H147N7O27/c1-65(92)67(31-25-27-45-87-77(100)62-116-57-53-112-49-29-33-69(94)61-115-56-54-113-50-46-88-74(97)43-41-71(83(109)110)91-76(99)35-21-17-13-9-5-7-11-15-19-23-37-81(105)106)60-72(95)66(38-42-73(96)84(2,3)85)30-24-26-44-86-78(101)63-118-59-55-114-51-47-89-79(102)64-117-58-52-111-48-28-32-68(93)39-40-70(82(107)108)90-75(98)34-20-16-12-8-4-6-10-14-18-22-36-80(103)104/h66-67,70-71H,4-64,85H2,1-3H3,(H,86,101)(H,87,100)(H,88,97)(H,89,102)(H,90,98)(H,91,99)(H,103,104)(H,105,106)(H,107,108)(H,109,110)/t66-,67-,70+,71+/m1/s1. The van der Waals surface area contributed by atoms with Gasteiger partial charge in [0.05, 0.1) is 71.6 Å². The molecule has 4 atom stereocenters. The number of amides is 6. The normalized spacial score (nSPS) is 12.4. The van der Waals surface area contributed by atoms with Gasteiger partial charge in [-0.1, -0.05) is 116 Å². The van der Waals surface area contributed by atoms with Crippen molar-refractivity contribution in [3.63, 3.8) is 0 Å². The molecule has 0 unspecified atom stereocenters. The first-order valence-electron chi connectivity index (χ1n) is 43.2. The van der Waals surface area contributed by atoms with Crippen LogP contribution < -0.4 is 37.6 Å². The van der Waals surface area contributed by atoms with Crippen molar-refractivity contribution in [1.82, 2.24) is 31.9 Å². The van der Waals surface area contributed by atoms with Crippen LogP contribution in [0.1, 0.15) is 284 Å². The molecule has 0 aliphatic heterocycles. The Bertz CT molecular complexity index is 2810. The summed E-state index contributed by atoms with van der Waals surface area (Å²) >= 11 is 0. The minimum atomic E-state index is -1.22. The zero-order valence-electron chi connectivity index (χ0n) is 71.2. The molecule has 0 aromatic heterocycles. The van der Waals surface area contributed by atoms with Gasteiger partial charge in [-0.15, -0.1) is 0 Å². The highest BCUT2D eigenvalue weighted by Crippen LogP contribution is 2.25. The molecule has 0 bridgehead atoms. The molecule has 118 heavy (non-hydrogen) atoms. The van der Waals surface area contributed by atoms with Crippen molar-refractivity contribution in [3.05, 3.63) is 0 Å². The van der Waals surface area contributed by atoms with Crippen molar-refractivity contribution in [2.24, 2.45) is 17.6 Å². The van der Waals surface area contributed by atoms with Crippen molar-refractivity contribution < 1.29 is 130 Å². The van der Waals surface area contributed by atoms with Crippen molar-refractivity contribution in [2.75, 3.05) is 132 Å². The second-order valence-corrected chi connectivity index (χ2v) is 30.5. The van der Waals surface area contributed by atoms with Gasteiger partial charge in [-0.2, -0.15) is 0 Å². The van der Waals surface area contributed by atoms with E-state index >= 15 is 0 Å². The van der Waals surface area contributed by atoms with E-state index in [4.69, 9.17) is 53.8 Å². The lowest BCUT2D eigenvalue weighted by atomic mass is 9.83. The van der Waals surface area contributed by atoms with Gasteiger partial charge in [-0.25, -0.2) is 9.59 Å². The zero-order chi connectivity index (χ0) is 87.5.